The topological polar surface area (TPSA) is 50.8 Å². The molecule has 1 aliphatic carbocycles. The molecule has 1 spiro atoms. The lowest BCUT2D eigenvalue weighted by Crippen LogP contribution is -2.46. The van der Waals surface area contributed by atoms with Crippen LogP contribution in [-0.2, 0) is 21.5 Å². The number of fused-ring (bicyclic) bond motifs is 2. The quantitative estimate of drug-likeness (QED) is 0.755. The summed E-state index contributed by atoms with van der Waals surface area (Å²) >= 11 is 1.67. The molecule has 1 saturated carbocycles. The zero-order valence-corrected chi connectivity index (χ0v) is 17.2. The predicted octanol–water partition coefficient (Wildman–Crippen LogP) is 3.32. The number of nitrogens with one attached hydrogen (secondary N) is 1. The number of hydrogen-bond acceptors (Lipinski definition) is 5. The van der Waals surface area contributed by atoms with Crippen molar-refractivity contribution in [3.8, 4) is 0 Å². The van der Waals surface area contributed by atoms with Gasteiger partial charge < -0.3 is 19.7 Å². The number of piperidine rings is 1. The zero-order valence-electron chi connectivity index (χ0n) is 16.4. The van der Waals surface area contributed by atoms with Crippen LogP contribution in [0.2, 0.25) is 0 Å². The van der Waals surface area contributed by atoms with E-state index in [-0.39, 0.29) is 11.5 Å². The Morgan fingerprint density at radius 1 is 1.37 bits per heavy atom. The molecule has 0 bridgehead atoms. The summed E-state index contributed by atoms with van der Waals surface area (Å²) in [5, 5.41) is 3.24. The van der Waals surface area contributed by atoms with Gasteiger partial charge in [-0.1, -0.05) is 12.8 Å². The van der Waals surface area contributed by atoms with Crippen LogP contribution >= 0.6 is 11.3 Å². The van der Waals surface area contributed by atoms with E-state index in [1.54, 1.807) is 11.3 Å². The van der Waals surface area contributed by atoms with Crippen LogP contribution in [0.25, 0.3) is 0 Å². The van der Waals surface area contributed by atoms with E-state index in [9.17, 15) is 4.79 Å². The van der Waals surface area contributed by atoms with Gasteiger partial charge in [0.1, 0.15) is 5.60 Å². The normalized spacial score (nSPS) is 22.9. The first-order valence-corrected chi connectivity index (χ1v) is 11.4. The third-order valence-corrected chi connectivity index (χ3v) is 7.67. The average molecular weight is 393 g/mol. The molecule has 2 aliphatic heterocycles. The lowest BCUT2D eigenvalue weighted by molar-refractivity contribution is -0.0966. The number of rotatable bonds is 6. The largest absolute Gasteiger partial charge is 0.380 e. The highest BCUT2D eigenvalue weighted by atomic mass is 32.1. The Morgan fingerprint density at radius 3 is 2.89 bits per heavy atom. The fourth-order valence-electron chi connectivity index (χ4n) is 4.71. The van der Waals surface area contributed by atoms with Crippen molar-refractivity contribution in [1.29, 1.82) is 0 Å². The van der Waals surface area contributed by atoms with Gasteiger partial charge in [-0.15, -0.1) is 11.3 Å². The average Bonchev–Trinajstić information content (AvgIpc) is 3.34. The maximum atomic E-state index is 12.7. The Hall–Kier alpha value is -0.950. The van der Waals surface area contributed by atoms with Crippen molar-refractivity contribution in [2.24, 2.45) is 0 Å². The van der Waals surface area contributed by atoms with Crippen LogP contribution in [0.4, 0.5) is 0 Å². The highest BCUT2D eigenvalue weighted by Crippen LogP contribution is 2.45. The van der Waals surface area contributed by atoms with E-state index in [0.717, 1.165) is 76.4 Å². The van der Waals surface area contributed by atoms with E-state index in [4.69, 9.17) is 9.47 Å². The van der Waals surface area contributed by atoms with Crippen molar-refractivity contribution in [2.45, 2.75) is 63.5 Å². The standard InChI is InChI=1S/C21H32N2O3S/c1-2-25-14-12-23-10-8-21(9-11-23)19-16(7-13-26-21)15-18(27-19)20(24)22-17-5-3-4-6-17/h15,17H,2-14H2,1H3,(H,22,24). The molecule has 1 saturated heterocycles. The van der Waals surface area contributed by atoms with Crippen LogP contribution in [-0.4, -0.2) is 56.3 Å². The minimum Gasteiger partial charge on any atom is -0.380 e. The minimum absolute atomic E-state index is 0.116. The fraction of sp³-hybridized carbons (Fsp3) is 0.762. The molecule has 4 rings (SSSR count). The van der Waals surface area contributed by atoms with Gasteiger partial charge in [0.25, 0.3) is 5.91 Å². The first-order valence-electron chi connectivity index (χ1n) is 10.6. The van der Waals surface area contributed by atoms with Gasteiger partial charge in [0.05, 0.1) is 18.1 Å². The number of nitrogens with zero attached hydrogens (tertiary/aromatic N) is 1. The summed E-state index contributed by atoms with van der Waals surface area (Å²) in [4.78, 5) is 17.4. The Bertz CT molecular complexity index is 646. The monoisotopic (exact) mass is 392 g/mol. The van der Waals surface area contributed by atoms with Crippen molar-refractivity contribution < 1.29 is 14.3 Å². The van der Waals surface area contributed by atoms with Gasteiger partial charge in [0.2, 0.25) is 0 Å². The van der Waals surface area contributed by atoms with Crippen LogP contribution in [0.15, 0.2) is 6.07 Å². The van der Waals surface area contributed by atoms with Crippen LogP contribution in [0.5, 0.6) is 0 Å². The third kappa shape index (κ3) is 4.24. The maximum absolute atomic E-state index is 12.7. The van der Waals surface area contributed by atoms with Crippen molar-refractivity contribution in [1.82, 2.24) is 10.2 Å². The SMILES string of the molecule is CCOCCN1CCC2(CC1)OCCc1cc(C(=O)NC3CCCC3)sc12. The molecular weight excluding hydrogens is 360 g/mol. The summed E-state index contributed by atoms with van der Waals surface area (Å²) in [6, 6.07) is 2.51. The molecule has 0 atom stereocenters. The van der Waals surface area contributed by atoms with Gasteiger partial charge in [-0.05, 0) is 50.7 Å². The van der Waals surface area contributed by atoms with Crippen LogP contribution < -0.4 is 5.32 Å². The molecule has 150 valence electrons. The number of carbonyl (C=O) groups excluding carboxylic acids is 1. The van der Waals surface area contributed by atoms with Crippen LogP contribution in [0.1, 0.15) is 65.6 Å². The van der Waals surface area contributed by atoms with E-state index in [1.807, 2.05) is 6.92 Å². The van der Waals surface area contributed by atoms with Gasteiger partial charge >= 0.3 is 0 Å². The lowest BCUT2D eigenvalue weighted by Gasteiger charge is -2.43. The Balaban J connectivity index is 1.42. The first kappa shape index (κ1) is 19.4. The fourth-order valence-corrected chi connectivity index (χ4v) is 6.02. The minimum atomic E-state index is -0.174. The third-order valence-electron chi connectivity index (χ3n) is 6.31. The smallest absolute Gasteiger partial charge is 0.261 e. The summed E-state index contributed by atoms with van der Waals surface area (Å²) in [6.07, 6.45) is 7.68. The van der Waals surface area contributed by atoms with E-state index < -0.39 is 0 Å². The predicted molar refractivity (Wildman–Crippen MR) is 108 cm³/mol. The molecule has 3 heterocycles. The molecule has 1 N–H and O–H groups in total. The molecular formula is C21H32N2O3S. The molecule has 0 radical (unpaired) electrons. The maximum Gasteiger partial charge on any atom is 0.261 e. The van der Waals surface area contributed by atoms with Gasteiger partial charge in [0, 0.05) is 37.2 Å². The number of ether oxygens (including phenoxy) is 2. The van der Waals surface area contributed by atoms with Gasteiger partial charge in [0.15, 0.2) is 0 Å². The van der Waals surface area contributed by atoms with Crippen molar-refractivity contribution >= 4 is 17.2 Å². The van der Waals surface area contributed by atoms with E-state index in [0.29, 0.717) is 6.04 Å². The first-order chi connectivity index (χ1) is 13.2. The lowest BCUT2D eigenvalue weighted by atomic mass is 9.85. The number of amides is 1. The number of thiophene rings is 1. The number of likely N-dealkylation sites (tertiary alicyclic amines) is 1. The molecule has 27 heavy (non-hydrogen) atoms. The molecule has 1 aromatic heterocycles. The van der Waals surface area contributed by atoms with E-state index >= 15 is 0 Å². The summed E-state index contributed by atoms with van der Waals surface area (Å²) in [5.74, 6) is 0.116. The Kier molecular flexibility index (Phi) is 6.17. The number of hydrogen-bond donors (Lipinski definition) is 1. The second-order valence-corrected chi connectivity index (χ2v) is 9.10. The summed E-state index contributed by atoms with van der Waals surface area (Å²) in [7, 11) is 0. The molecule has 3 aliphatic rings. The highest BCUT2D eigenvalue weighted by Gasteiger charge is 2.42. The Labute approximate surface area is 166 Å². The molecule has 1 aromatic rings. The summed E-state index contributed by atoms with van der Waals surface area (Å²) in [6.45, 7) is 7.47. The van der Waals surface area contributed by atoms with Gasteiger partial charge in [-0.25, -0.2) is 0 Å². The molecule has 1 amide bonds. The van der Waals surface area contributed by atoms with Crippen molar-refractivity contribution in [2.75, 3.05) is 39.5 Å². The van der Waals surface area contributed by atoms with Gasteiger partial charge in [-0.2, -0.15) is 0 Å². The van der Waals surface area contributed by atoms with Crippen molar-refractivity contribution in [3.05, 3.63) is 21.4 Å². The molecule has 5 nitrogen and oxygen atoms in total. The summed E-state index contributed by atoms with van der Waals surface area (Å²) < 4.78 is 11.9. The second-order valence-electron chi connectivity index (χ2n) is 8.05. The summed E-state index contributed by atoms with van der Waals surface area (Å²) in [5.41, 5.74) is 1.16. The second kappa shape index (κ2) is 8.60. The molecule has 0 unspecified atom stereocenters. The van der Waals surface area contributed by atoms with Crippen LogP contribution in [0, 0.1) is 0 Å². The van der Waals surface area contributed by atoms with E-state index in [2.05, 4.69) is 16.3 Å². The van der Waals surface area contributed by atoms with Crippen molar-refractivity contribution in [3.63, 3.8) is 0 Å². The van der Waals surface area contributed by atoms with Crippen LogP contribution in [0.3, 0.4) is 0 Å². The molecule has 2 fully saturated rings. The zero-order chi connectivity index (χ0) is 18.7. The highest BCUT2D eigenvalue weighted by molar-refractivity contribution is 7.14. The Morgan fingerprint density at radius 2 is 2.15 bits per heavy atom. The van der Waals surface area contributed by atoms with E-state index in [1.165, 1.54) is 23.3 Å². The number of carbonyl (C=O) groups is 1. The molecule has 0 aromatic carbocycles. The van der Waals surface area contributed by atoms with Gasteiger partial charge in [-0.3, -0.25) is 4.79 Å². The molecule has 6 heteroatoms.